The van der Waals surface area contributed by atoms with E-state index >= 15 is 0 Å². The summed E-state index contributed by atoms with van der Waals surface area (Å²) in [5.74, 6) is -0.387. The highest BCUT2D eigenvalue weighted by Gasteiger charge is 2.35. The molecule has 100 valence electrons. The molecule has 1 aliphatic rings. The molecule has 2 aromatic heterocycles. The van der Waals surface area contributed by atoms with Gasteiger partial charge in [-0.15, -0.1) is 0 Å². The fourth-order valence-electron chi connectivity index (χ4n) is 2.37. The Morgan fingerprint density at radius 2 is 1.67 bits per heavy atom. The van der Waals surface area contributed by atoms with Crippen LogP contribution in [0.25, 0.3) is 11.5 Å². The van der Waals surface area contributed by atoms with Gasteiger partial charge in [-0.25, -0.2) is 4.98 Å². The topological polar surface area (TPSA) is 73.1 Å². The smallest absolute Gasteiger partial charge is 0.231 e. The molecule has 4 rings (SSSR count). The molecule has 21 heavy (non-hydrogen) atoms. The van der Waals surface area contributed by atoms with E-state index in [-0.39, 0.29) is 28.9 Å². The van der Waals surface area contributed by atoms with E-state index in [0.717, 1.165) is 0 Å². The third-order valence-corrected chi connectivity index (χ3v) is 3.37. The molecule has 1 aliphatic carbocycles. The van der Waals surface area contributed by atoms with E-state index in [1.165, 1.54) is 0 Å². The second kappa shape index (κ2) is 4.21. The number of fused-ring (bicyclic) bond motifs is 2. The summed E-state index contributed by atoms with van der Waals surface area (Å²) in [5.41, 5.74) is 1.40. The summed E-state index contributed by atoms with van der Waals surface area (Å²) in [7, 11) is 0. The minimum atomic E-state index is -0.317. The molecule has 0 unspecified atom stereocenters. The number of pyridine rings is 1. The van der Waals surface area contributed by atoms with Crippen LogP contribution >= 0.6 is 0 Å². The lowest BCUT2D eigenvalue weighted by Gasteiger charge is -2.10. The van der Waals surface area contributed by atoms with Crippen molar-refractivity contribution in [1.82, 2.24) is 9.97 Å². The minimum Gasteiger partial charge on any atom is -0.432 e. The Morgan fingerprint density at radius 1 is 0.905 bits per heavy atom. The van der Waals surface area contributed by atoms with Gasteiger partial charge in [0.05, 0.1) is 5.56 Å². The summed E-state index contributed by atoms with van der Waals surface area (Å²) in [6.07, 6.45) is 3.19. The molecule has 0 spiro atoms. The van der Waals surface area contributed by atoms with Gasteiger partial charge in [-0.05, 0) is 12.1 Å². The first-order chi connectivity index (χ1) is 10.3. The normalized spacial score (nSPS) is 13.0. The monoisotopic (exact) mass is 276 g/mol. The van der Waals surface area contributed by atoms with E-state index in [1.807, 2.05) is 0 Å². The van der Waals surface area contributed by atoms with Crippen molar-refractivity contribution in [1.29, 1.82) is 0 Å². The number of hydrogen-bond donors (Lipinski definition) is 0. The maximum absolute atomic E-state index is 12.4. The maximum Gasteiger partial charge on any atom is 0.231 e. The zero-order valence-electron chi connectivity index (χ0n) is 10.7. The third-order valence-electron chi connectivity index (χ3n) is 3.37. The molecule has 0 amide bonds. The number of carbonyl (C=O) groups is 2. The molecule has 5 nitrogen and oxygen atoms in total. The first-order valence-corrected chi connectivity index (χ1v) is 6.35. The molecule has 2 heterocycles. The van der Waals surface area contributed by atoms with Gasteiger partial charge in [0.2, 0.25) is 23.2 Å². The van der Waals surface area contributed by atoms with Crippen molar-refractivity contribution in [2.24, 2.45) is 0 Å². The number of benzene rings is 1. The Morgan fingerprint density at radius 3 is 2.38 bits per heavy atom. The summed E-state index contributed by atoms with van der Waals surface area (Å²) in [5, 5.41) is 0. The van der Waals surface area contributed by atoms with Crippen molar-refractivity contribution in [3.05, 3.63) is 71.4 Å². The third kappa shape index (κ3) is 1.64. The molecule has 0 saturated carbocycles. The molecule has 0 bridgehead atoms. The molecule has 0 radical (unpaired) electrons. The highest BCUT2D eigenvalue weighted by molar-refractivity contribution is 6.26. The van der Waals surface area contributed by atoms with Crippen molar-refractivity contribution in [3.63, 3.8) is 0 Å². The summed E-state index contributed by atoms with van der Waals surface area (Å²) in [6, 6.07) is 10.2. The Bertz CT molecular complexity index is 829. The first kappa shape index (κ1) is 11.7. The Balaban J connectivity index is 1.92. The van der Waals surface area contributed by atoms with Crippen LogP contribution in [0.5, 0.6) is 0 Å². The second-order valence-corrected chi connectivity index (χ2v) is 4.64. The van der Waals surface area contributed by atoms with Crippen LogP contribution in [0, 0.1) is 0 Å². The molecular weight excluding hydrogens is 268 g/mol. The van der Waals surface area contributed by atoms with Gasteiger partial charge < -0.3 is 4.42 Å². The van der Waals surface area contributed by atoms with E-state index in [4.69, 9.17) is 4.42 Å². The summed E-state index contributed by atoms with van der Waals surface area (Å²) in [6.45, 7) is 0. The molecule has 0 saturated heterocycles. The molecular formula is C16H8N2O3. The minimum absolute atomic E-state index is 0.00227. The average Bonchev–Trinajstić information content (AvgIpc) is 2.99. The van der Waals surface area contributed by atoms with E-state index < -0.39 is 0 Å². The van der Waals surface area contributed by atoms with Crippen LogP contribution < -0.4 is 0 Å². The van der Waals surface area contributed by atoms with Gasteiger partial charge in [0, 0.05) is 23.5 Å². The fraction of sp³-hybridized carbons (Fsp3) is 0. The van der Waals surface area contributed by atoms with Crippen LogP contribution in [-0.2, 0) is 0 Å². The van der Waals surface area contributed by atoms with Gasteiger partial charge in [0.15, 0.2) is 5.69 Å². The Labute approximate surface area is 119 Å². The van der Waals surface area contributed by atoms with Gasteiger partial charge in [0.1, 0.15) is 0 Å². The van der Waals surface area contributed by atoms with Crippen molar-refractivity contribution in [2.75, 3.05) is 0 Å². The molecule has 0 fully saturated rings. The number of ketones is 2. The van der Waals surface area contributed by atoms with E-state index in [1.54, 1.807) is 48.8 Å². The van der Waals surface area contributed by atoms with Gasteiger partial charge in [0.25, 0.3) is 0 Å². The molecule has 0 aliphatic heterocycles. The van der Waals surface area contributed by atoms with Crippen LogP contribution in [0.15, 0.2) is 53.2 Å². The number of hydrogen-bond acceptors (Lipinski definition) is 5. The number of carbonyl (C=O) groups excluding carboxylic acids is 2. The number of rotatable bonds is 1. The average molecular weight is 276 g/mol. The zero-order valence-corrected chi connectivity index (χ0v) is 10.7. The molecule has 1 aromatic carbocycles. The highest BCUT2D eigenvalue weighted by atomic mass is 16.4. The summed E-state index contributed by atoms with van der Waals surface area (Å²) >= 11 is 0. The van der Waals surface area contributed by atoms with Gasteiger partial charge in [-0.2, -0.15) is 0 Å². The lowest BCUT2D eigenvalue weighted by molar-refractivity contribution is 0.0959. The van der Waals surface area contributed by atoms with Crippen LogP contribution in [0.2, 0.25) is 0 Å². The standard InChI is InChI=1S/C16H8N2O3/c19-13-10-5-1-2-6-11(10)14(20)15-12(13)18-16(21-15)9-4-3-7-17-8-9/h1-8H. The van der Waals surface area contributed by atoms with Crippen molar-refractivity contribution >= 4 is 11.6 Å². The van der Waals surface area contributed by atoms with E-state index in [9.17, 15) is 9.59 Å². The van der Waals surface area contributed by atoms with Gasteiger partial charge >= 0.3 is 0 Å². The number of oxazole rings is 1. The van der Waals surface area contributed by atoms with Crippen LogP contribution in [0.1, 0.15) is 32.2 Å². The lowest BCUT2D eigenvalue weighted by Crippen LogP contribution is -2.19. The van der Waals surface area contributed by atoms with E-state index in [2.05, 4.69) is 9.97 Å². The predicted octanol–water partition coefficient (Wildman–Crippen LogP) is 2.51. The van der Waals surface area contributed by atoms with Crippen LogP contribution in [-0.4, -0.2) is 21.5 Å². The SMILES string of the molecule is O=C1c2ccccc2C(=O)c2oc(-c3cccnc3)nc21. The van der Waals surface area contributed by atoms with Gasteiger partial charge in [-0.3, -0.25) is 14.6 Å². The number of aromatic nitrogens is 2. The summed E-state index contributed by atoms with van der Waals surface area (Å²) in [4.78, 5) is 33.0. The summed E-state index contributed by atoms with van der Waals surface area (Å²) < 4.78 is 5.51. The van der Waals surface area contributed by atoms with Crippen molar-refractivity contribution < 1.29 is 14.0 Å². The lowest BCUT2D eigenvalue weighted by atomic mass is 9.91. The fourth-order valence-corrected chi connectivity index (χ4v) is 2.37. The first-order valence-electron chi connectivity index (χ1n) is 6.35. The zero-order chi connectivity index (χ0) is 14.4. The second-order valence-electron chi connectivity index (χ2n) is 4.64. The van der Waals surface area contributed by atoms with Crippen LogP contribution in [0.4, 0.5) is 0 Å². The van der Waals surface area contributed by atoms with E-state index in [0.29, 0.717) is 16.7 Å². The highest BCUT2D eigenvalue weighted by Crippen LogP contribution is 2.30. The van der Waals surface area contributed by atoms with Crippen LogP contribution in [0.3, 0.4) is 0 Å². The Hall–Kier alpha value is -3.08. The van der Waals surface area contributed by atoms with Crippen molar-refractivity contribution in [2.45, 2.75) is 0 Å². The Kier molecular flexibility index (Phi) is 2.35. The molecule has 5 heteroatoms. The molecule has 0 N–H and O–H groups in total. The van der Waals surface area contributed by atoms with Crippen molar-refractivity contribution in [3.8, 4) is 11.5 Å². The number of nitrogens with zero attached hydrogens (tertiary/aromatic N) is 2. The quantitative estimate of drug-likeness (QED) is 0.534. The maximum atomic E-state index is 12.4. The predicted molar refractivity (Wildman–Crippen MR) is 73.0 cm³/mol. The molecule has 3 aromatic rings. The van der Waals surface area contributed by atoms with Gasteiger partial charge in [-0.1, -0.05) is 24.3 Å². The molecule has 0 atom stereocenters. The largest absolute Gasteiger partial charge is 0.432 e.